The summed E-state index contributed by atoms with van der Waals surface area (Å²) in [5.74, 6) is 0. The molecule has 0 aliphatic heterocycles. The topological polar surface area (TPSA) is 0 Å². The normalized spacial score (nSPS) is 10.8. The van der Waals surface area contributed by atoms with Gasteiger partial charge in [-0.25, -0.2) is 0 Å². The summed E-state index contributed by atoms with van der Waals surface area (Å²) in [5.41, 5.74) is 0. The predicted molar refractivity (Wildman–Crippen MR) is 49.1 cm³/mol. The second-order valence-corrected chi connectivity index (χ2v) is 7.82. The first kappa shape index (κ1) is 13.0. The average molecular weight is 166 g/mol. The first-order chi connectivity index (χ1) is 4.24. The summed E-state index contributed by atoms with van der Waals surface area (Å²) in [6, 6.07) is 0. The van der Waals surface area contributed by atoms with Gasteiger partial charge in [-0.3, -0.25) is 0 Å². The van der Waals surface area contributed by atoms with Crippen molar-refractivity contribution in [2.75, 3.05) is 24.6 Å². The highest BCUT2D eigenvalue weighted by molar-refractivity contribution is 7.75. The molecule has 2 heteroatoms. The van der Waals surface area contributed by atoms with E-state index >= 15 is 0 Å². The Kier molecular flexibility index (Phi) is 7.92. The first-order valence-corrected chi connectivity index (χ1v) is 6.62. The highest BCUT2D eigenvalue weighted by Gasteiger charge is 2.27. The van der Waals surface area contributed by atoms with E-state index in [0.29, 0.717) is 0 Å². The van der Waals surface area contributed by atoms with Crippen LogP contribution in [0.4, 0.5) is 0 Å². The summed E-state index contributed by atoms with van der Waals surface area (Å²) in [4.78, 5) is 0. The molecule has 0 saturated heterocycles. The first-order valence-electron chi connectivity index (χ1n) is 4.09. The number of hydrogen-bond acceptors (Lipinski definition) is 0. The molecular formula is C8H20FP. The Balaban J connectivity index is 0. The Bertz CT molecular complexity index is 52.1. The predicted octanol–water partition coefficient (Wildman–Crippen LogP) is 0.0876. The quantitative estimate of drug-likeness (QED) is 0.519. The van der Waals surface area contributed by atoms with Crippen LogP contribution in [0.2, 0.25) is 0 Å². The molecule has 0 N–H and O–H groups in total. The molecule has 0 atom stereocenters. The molecule has 0 aliphatic rings. The molecule has 0 fully saturated rings. The van der Waals surface area contributed by atoms with Crippen LogP contribution in [0.25, 0.3) is 0 Å². The van der Waals surface area contributed by atoms with Gasteiger partial charge in [0.15, 0.2) is 0 Å². The molecule has 64 valence electrons. The molecule has 0 saturated carbocycles. The minimum absolute atomic E-state index is 0. The standard InChI is InChI=1S/C8H20P.FH/c1-5-9(6-2,7-3)8-4;/h5-8H2,1-4H3;1H/q+1;/p-1. The summed E-state index contributed by atoms with van der Waals surface area (Å²) in [6.07, 6.45) is 5.82. The number of rotatable bonds is 4. The lowest BCUT2D eigenvalue weighted by atomic mass is 10.9. The van der Waals surface area contributed by atoms with E-state index < -0.39 is 7.26 Å². The largest absolute Gasteiger partial charge is 1.00 e. The summed E-state index contributed by atoms with van der Waals surface area (Å²) in [6.45, 7) is 9.41. The maximum Gasteiger partial charge on any atom is 0.0565 e. The zero-order valence-electron chi connectivity index (χ0n) is 7.65. The molecule has 0 nitrogen and oxygen atoms in total. The van der Waals surface area contributed by atoms with Gasteiger partial charge < -0.3 is 4.70 Å². The fraction of sp³-hybridized carbons (Fsp3) is 1.00. The Labute approximate surface area is 65.1 Å². The van der Waals surface area contributed by atoms with Gasteiger partial charge in [0.05, 0.1) is 24.6 Å². The fourth-order valence-corrected chi connectivity index (χ4v) is 4.02. The molecule has 0 unspecified atom stereocenters. The molecule has 0 spiro atoms. The minimum atomic E-state index is -0.420. The number of halogens is 1. The lowest BCUT2D eigenvalue weighted by Gasteiger charge is -2.20. The third kappa shape index (κ3) is 2.96. The van der Waals surface area contributed by atoms with Gasteiger partial charge in [0, 0.05) is 7.26 Å². The van der Waals surface area contributed by atoms with Crippen molar-refractivity contribution in [1.29, 1.82) is 0 Å². The Hall–Kier alpha value is 0.360. The van der Waals surface area contributed by atoms with E-state index in [9.17, 15) is 0 Å². The van der Waals surface area contributed by atoms with Crippen molar-refractivity contribution in [3.63, 3.8) is 0 Å². The molecule has 0 aromatic heterocycles. The number of hydrogen-bond donors (Lipinski definition) is 0. The Morgan fingerprint density at radius 3 is 0.900 bits per heavy atom. The molecule has 10 heavy (non-hydrogen) atoms. The maximum atomic E-state index is 2.35. The van der Waals surface area contributed by atoms with E-state index in [1.54, 1.807) is 0 Å². The van der Waals surface area contributed by atoms with Gasteiger partial charge >= 0.3 is 0 Å². The second-order valence-electron chi connectivity index (χ2n) is 2.61. The van der Waals surface area contributed by atoms with Gasteiger partial charge in [-0.05, 0) is 27.7 Å². The third-order valence-corrected chi connectivity index (χ3v) is 8.05. The molecule has 0 amide bonds. The average Bonchev–Trinajstić information content (AvgIpc) is 1.95. The van der Waals surface area contributed by atoms with Crippen LogP contribution in [0.5, 0.6) is 0 Å². The fourth-order valence-electron chi connectivity index (χ4n) is 1.34. The lowest BCUT2D eigenvalue weighted by molar-refractivity contribution is -0.00000221. The minimum Gasteiger partial charge on any atom is -1.00 e. The Morgan fingerprint density at radius 1 is 0.700 bits per heavy atom. The van der Waals surface area contributed by atoms with Crippen molar-refractivity contribution in [2.45, 2.75) is 27.7 Å². The van der Waals surface area contributed by atoms with Crippen LogP contribution in [0.15, 0.2) is 0 Å². The summed E-state index contributed by atoms with van der Waals surface area (Å²) in [5, 5.41) is 0. The molecule has 0 bridgehead atoms. The zero-order chi connectivity index (χ0) is 7.33. The monoisotopic (exact) mass is 166 g/mol. The molecule has 0 rings (SSSR count). The molecule has 0 heterocycles. The smallest absolute Gasteiger partial charge is 0.0565 e. The van der Waals surface area contributed by atoms with Crippen LogP contribution in [-0.4, -0.2) is 24.6 Å². The van der Waals surface area contributed by atoms with Gasteiger partial charge in [0.1, 0.15) is 0 Å². The van der Waals surface area contributed by atoms with Crippen molar-refractivity contribution in [1.82, 2.24) is 0 Å². The second kappa shape index (κ2) is 6.09. The van der Waals surface area contributed by atoms with E-state index in [2.05, 4.69) is 27.7 Å². The van der Waals surface area contributed by atoms with Crippen LogP contribution in [0.1, 0.15) is 27.7 Å². The van der Waals surface area contributed by atoms with Crippen molar-refractivity contribution < 1.29 is 4.70 Å². The van der Waals surface area contributed by atoms with Crippen LogP contribution in [0, 0.1) is 0 Å². The van der Waals surface area contributed by atoms with E-state index in [1.807, 2.05) is 0 Å². The van der Waals surface area contributed by atoms with Crippen molar-refractivity contribution >= 4 is 7.26 Å². The van der Waals surface area contributed by atoms with Crippen molar-refractivity contribution in [3.8, 4) is 0 Å². The van der Waals surface area contributed by atoms with Gasteiger partial charge in [-0.15, -0.1) is 0 Å². The summed E-state index contributed by atoms with van der Waals surface area (Å²) >= 11 is 0. The van der Waals surface area contributed by atoms with Crippen LogP contribution >= 0.6 is 7.26 Å². The van der Waals surface area contributed by atoms with Crippen LogP contribution in [-0.2, 0) is 0 Å². The maximum absolute atomic E-state index is 2.35. The van der Waals surface area contributed by atoms with Gasteiger partial charge in [0.25, 0.3) is 0 Å². The van der Waals surface area contributed by atoms with Gasteiger partial charge in [-0.2, -0.15) is 0 Å². The summed E-state index contributed by atoms with van der Waals surface area (Å²) in [7, 11) is -0.420. The Morgan fingerprint density at radius 2 is 0.900 bits per heavy atom. The third-order valence-electron chi connectivity index (χ3n) is 2.68. The lowest BCUT2D eigenvalue weighted by Crippen LogP contribution is -3.00. The summed E-state index contributed by atoms with van der Waals surface area (Å²) < 4.78 is 0. The zero-order valence-corrected chi connectivity index (χ0v) is 8.55. The van der Waals surface area contributed by atoms with Gasteiger partial charge in [-0.1, -0.05) is 0 Å². The molecule has 0 radical (unpaired) electrons. The van der Waals surface area contributed by atoms with Crippen molar-refractivity contribution in [2.24, 2.45) is 0 Å². The van der Waals surface area contributed by atoms with Crippen molar-refractivity contribution in [3.05, 3.63) is 0 Å². The van der Waals surface area contributed by atoms with Gasteiger partial charge in [0.2, 0.25) is 0 Å². The highest BCUT2D eigenvalue weighted by Crippen LogP contribution is 2.57. The van der Waals surface area contributed by atoms with E-state index in [-0.39, 0.29) is 4.70 Å². The van der Waals surface area contributed by atoms with Crippen LogP contribution < -0.4 is 4.70 Å². The SMILES string of the molecule is CC[P+](CC)(CC)CC.[F-]. The van der Waals surface area contributed by atoms with E-state index in [1.165, 1.54) is 24.6 Å². The van der Waals surface area contributed by atoms with E-state index in [4.69, 9.17) is 0 Å². The van der Waals surface area contributed by atoms with Crippen LogP contribution in [0.3, 0.4) is 0 Å². The highest BCUT2D eigenvalue weighted by atomic mass is 31.2. The molecule has 0 aliphatic carbocycles. The van der Waals surface area contributed by atoms with E-state index in [0.717, 1.165) is 0 Å². The molecular weight excluding hydrogens is 146 g/mol. The molecule has 0 aromatic rings. The molecule has 0 aromatic carbocycles.